The molecule has 0 unspecified atom stereocenters. The van der Waals surface area contributed by atoms with Crippen LogP contribution in [0.1, 0.15) is 11.1 Å². The molecule has 0 radical (unpaired) electrons. The molecule has 3 aliphatic rings. The van der Waals surface area contributed by atoms with Gasteiger partial charge in [0.1, 0.15) is 5.69 Å². The number of rotatable bonds is 2. The Labute approximate surface area is 169 Å². The van der Waals surface area contributed by atoms with Gasteiger partial charge in [-0.2, -0.15) is 0 Å². The van der Waals surface area contributed by atoms with Crippen molar-refractivity contribution in [3.8, 4) is 0 Å². The molecule has 3 aliphatic heterocycles. The lowest BCUT2D eigenvalue weighted by Crippen LogP contribution is -2.28. The molecule has 27 heavy (non-hydrogen) atoms. The summed E-state index contributed by atoms with van der Waals surface area (Å²) in [5.41, 5.74) is 4.67. The Hall–Kier alpha value is -1.96. The zero-order valence-electron chi connectivity index (χ0n) is 14.1. The first kappa shape index (κ1) is 17.2. The van der Waals surface area contributed by atoms with E-state index in [1.54, 1.807) is 17.8 Å². The summed E-state index contributed by atoms with van der Waals surface area (Å²) in [5.74, 6) is 0.394. The molecule has 0 spiro atoms. The van der Waals surface area contributed by atoms with E-state index in [1.165, 1.54) is 23.4 Å². The number of fused-ring (bicyclic) bond motifs is 3. The minimum absolute atomic E-state index is 0.368. The third kappa shape index (κ3) is 3.24. The number of nitrogens with zero attached hydrogens (tertiary/aromatic N) is 3. The fraction of sp³-hybridized carbons (Fsp3) is 0.158. The summed E-state index contributed by atoms with van der Waals surface area (Å²) in [7, 11) is 0. The number of aliphatic imine (C=N–C) groups is 2. The third-order valence-corrected chi connectivity index (χ3v) is 6.61. The second kappa shape index (κ2) is 6.89. The van der Waals surface area contributed by atoms with Gasteiger partial charge >= 0.3 is 0 Å². The molecule has 2 aromatic rings. The Morgan fingerprint density at radius 1 is 1.26 bits per heavy atom. The van der Waals surface area contributed by atoms with E-state index >= 15 is 0 Å². The summed E-state index contributed by atoms with van der Waals surface area (Å²) in [6, 6.07) is 11.3. The average molecular weight is 417 g/mol. The van der Waals surface area contributed by atoms with Crippen molar-refractivity contribution in [3.05, 3.63) is 69.5 Å². The Kier molecular flexibility index (Phi) is 4.38. The monoisotopic (exact) mass is 416 g/mol. The lowest BCUT2D eigenvalue weighted by molar-refractivity contribution is 0.513. The van der Waals surface area contributed by atoms with Crippen molar-refractivity contribution in [2.24, 2.45) is 9.98 Å². The van der Waals surface area contributed by atoms with Crippen molar-refractivity contribution >= 4 is 56.8 Å². The van der Waals surface area contributed by atoms with Crippen LogP contribution in [-0.4, -0.2) is 21.0 Å². The minimum Gasteiger partial charge on any atom is -0.335 e. The molecule has 1 N–H and O–H groups in total. The molecule has 3 heterocycles. The van der Waals surface area contributed by atoms with Crippen LogP contribution >= 0.6 is 35.1 Å². The molecular weight excluding hydrogens is 403 g/mol. The Balaban J connectivity index is 1.29. The highest BCUT2D eigenvalue weighted by atomic mass is 35.5. The zero-order valence-corrected chi connectivity index (χ0v) is 16.5. The predicted octanol–water partition coefficient (Wildman–Crippen LogP) is 5.59. The number of para-hydroxylation sites is 1. The van der Waals surface area contributed by atoms with E-state index in [0.29, 0.717) is 23.8 Å². The van der Waals surface area contributed by atoms with E-state index in [9.17, 15) is 4.39 Å². The topological polar surface area (TPSA) is 40.0 Å². The maximum atomic E-state index is 14.1. The zero-order chi connectivity index (χ0) is 18.4. The normalized spacial score (nSPS) is 17.3. The van der Waals surface area contributed by atoms with Crippen molar-refractivity contribution in [1.82, 2.24) is 4.90 Å². The largest absolute Gasteiger partial charge is 0.335 e. The van der Waals surface area contributed by atoms with E-state index in [-0.39, 0.29) is 5.82 Å². The van der Waals surface area contributed by atoms with Gasteiger partial charge in [-0.05, 0) is 29.2 Å². The molecule has 0 saturated carbocycles. The molecule has 0 aromatic heterocycles. The van der Waals surface area contributed by atoms with Gasteiger partial charge in [-0.15, -0.1) is 0 Å². The Bertz CT molecular complexity index is 1030. The molecule has 0 aliphatic carbocycles. The predicted molar refractivity (Wildman–Crippen MR) is 113 cm³/mol. The highest BCUT2D eigenvalue weighted by Gasteiger charge is 2.29. The van der Waals surface area contributed by atoms with Gasteiger partial charge in [-0.1, -0.05) is 53.3 Å². The third-order valence-electron chi connectivity index (χ3n) is 4.53. The van der Waals surface area contributed by atoms with Crippen molar-refractivity contribution < 1.29 is 4.39 Å². The van der Waals surface area contributed by atoms with Gasteiger partial charge < -0.3 is 10.2 Å². The number of nitrogens with one attached hydrogen (secondary N) is 1. The van der Waals surface area contributed by atoms with Gasteiger partial charge in [0.25, 0.3) is 0 Å². The summed E-state index contributed by atoms with van der Waals surface area (Å²) in [6.07, 6.45) is 0. The summed E-state index contributed by atoms with van der Waals surface area (Å²) in [6.45, 7) is 1.27. The molecule has 0 amide bonds. The molecule has 5 rings (SSSR count). The van der Waals surface area contributed by atoms with Crippen molar-refractivity contribution in [2.45, 2.75) is 13.1 Å². The quantitative estimate of drug-likeness (QED) is 0.693. The van der Waals surface area contributed by atoms with Crippen LogP contribution in [0, 0.1) is 5.82 Å². The molecule has 0 atom stereocenters. The van der Waals surface area contributed by atoms with Crippen molar-refractivity contribution in [1.29, 1.82) is 0 Å². The van der Waals surface area contributed by atoms with Gasteiger partial charge in [0.05, 0.1) is 13.1 Å². The molecule has 4 nitrogen and oxygen atoms in total. The van der Waals surface area contributed by atoms with Crippen LogP contribution in [0.2, 0.25) is 5.02 Å². The smallest absolute Gasteiger partial charge is 0.173 e. The van der Waals surface area contributed by atoms with E-state index in [2.05, 4.69) is 37.7 Å². The fourth-order valence-electron chi connectivity index (χ4n) is 3.19. The molecule has 0 saturated heterocycles. The van der Waals surface area contributed by atoms with E-state index in [0.717, 1.165) is 33.0 Å². The van der Waals surface area contributed by atoms with Crippen LogP contribution < -0.4 is 5.32 Å². The molecule has 8 heteroatoms. The molecular formula is C19H14ClFN4S2. The molecule has 2 aromatic carbocycles. The Morgan fingerprint density at radius 3 is 3.07 bits per heavy atom. The molecule has 136 valence electrons. The van der Waals surface area contributed by atoms with Crippen LogP contribution in [0.3, 0.4) is 0 Å². The van der Waals surface area contributed by atoms with Crippen molar-refractivity contribution in [3.63, 3.8) is 0 Å². The molecule has 0 bridgehead atoms. The minimum atomic E-state index is -0.368. The summed E-state index contributed by atoms with van der Waals surface area (Å²) < 4.78 is 14.1. The van der Waals surface area contributed by atoms with Crippen LogP contribution in [0.15, 0.2) is 57.5 Å². The molecule has 0 fully saturated rings. The van der Waals surface area contributed by atoms with Crippen LogP contribution in [-0.2, 0) is 13.1 Å². The summed E-state index contributed by atoms with van der Waals surface area (Å²) in [5, 5.41) is 7.59. The number of hydrogen-bond donors (Lipinski definition) is 1. The lowest BCUT2D eigenvalue weighted by Gasteiger charge is -2.27. The van der Waals surface area contributed by atoms with Gasteiger partial charge in [0.2, 0.25) is 0 Å². The number of hydrogen-bond acceptors (Lipinski definition) is 6. The number of amidine groups is 2. The standard InChI is InChI=1S/C19H14ClFN4S2/c20-13-5-12-8-25-14(10-27-19(25)24-17(12)15(21)6-13)9-26-18-22-7-11-3-1-2-4-16(11)23-18/h1-6,10H,7-9H2,(H,22,23). The van der Waals surface area contributed by atoms with Gasteiger partial charge in [-0.25, -0.2) is 9.38 Å². The second-order valence-corrected chi connectivity index (χ2v) is 8.53. The van der Waals surface area contributed by atoms with E-state index < -0.39 is 0 Å². The first-order valence-electron chi connectivity index (χ1n) is 8.39. The number of anilines is 1. The fourth-order valence-corrected chi connectivity index (χ4v) is 5.29. The summed E-state index contributed by atoms with van der Waals surface area (Å²) in [4.78, 5) is 11.2. The summed E-state index contributed by atoms with van der Waals surface area (Å²) >= 11 is 9.20. The maximum Gasteiger partial charge on any atom is 0.173 e. The van der Waals surface area contributed by atoms with Gasteiger partial charge in [0.15, 0.2) is 16.2 Å². The van der Waals surface area contributed by atoms with E-state index in [1.807, 2.05) is 12.1 Å². The van der Waals surface area contributed by atoms with E-state index in [4.69, 9.17) is 11.6 Å². The highest BCUT2D eigenvalue weighted by Crippen LogP contribution is 2.40. The van der Waals surface area contributed by atoms with Gasteiger partial charge in [0, 0.05) is 27.7 Å². The number of benzene rings is 2. The Morgan fingerprint density at radius 2 is 2.15 bits per heavy atom. The number of halogens is 2. The first-order valence-corrected chi connectivity index (χ1v) is 10.6. The lowest BCUT2D eigenvalue weighted by atomic mass is 10.1. The van der Waals surface area contributed by atoms with Crippen LogP contribution in [0.25, 0.3) is 0 Å². The highest BCUT2D eigenvalue weighted by molar-refractivity contribution is 8.17. The average Bonchev–Trinajstić information content (AvgIpc) is 3.06. The maximum absolute atomic E-state index is 14.1. The number of thioether (sulfide) groups is 2. The van der Waals surface area contributed by atoms with Crippen LogP contribution in [0.4, 0.5) is 15.8 Å². The van der Waals surface area contributed by atoms with Crippen molar-refractivity contribution in [2.75, 3.05) is 11.1 Å². The van der Waals surface area contributed by atoms with Crippen LogP contribution in [0.5, 0.6) is 0 Å². The second-order valence-electron chi connectivity index (χ2n) is 6.30. The first-order chi connectivity index (χ1) is 13.2. The SMILES string of the molecule is Fc1cc(Cl)cc2c1N=C1SC=C(CSC3=NCc4ccccc4N3)N1C2. The van der Waals surface area contributed by atoms with Gasteiger partial charge in [-0.3, -0.25) is 4.99 Å².